The van der Waals surface area contributed by atoms with Crippen molar-refractivity contribution in [3.05, 3.63) is 29.6 Å². The molecule has 1 aromatic carbocycles. The Kier molecular flexibility index (Phi) is 7.02. The summed E-state index contributed by atoms with van der Waals surface area (Å²) in [5.74, 6) is 0.577. The van der Waals surface area contributed by atoms with Crippen LogP contribution in [0, 0.1) is 11.7 Å². The number of carbonyl (C=O) groups excluding carboxylic acids is 1. The van der Waals surface area contributed by atoms with Crippen LogP contribution in [0.25, 0.3) is 0 Å². The number of fused-ring (bicyclic) bond motifs is 1. The summed E-state index contributed by atoms with van der Waals surface area (Å²) in [4.78, 5) is 22.3. The second-order valence-electron chi connectivity index (χ2n) is 10.9. The fraction of sp³-hybridized carbons (Fsp3) is 0.704. The van der Waals surface area contributed by atoms with Gasteiger partial charge in [-0.15, -0.1) is 0 Å². The molecular formula is C27H37F2N3O3. The molecule has 192 valence electrons. The average Bonchev–Trinajstić information content (AvgIpc) is 2.87. The number of nitrogens with zero attached hydrogens (tertiary/aromatic N) is 3. The number of piperidine rings is 2. The first-order valence-electron chi connectivity index (χ1n) is 13.2. The minimum Gasteiger partial charge on any atom is -0.486 e. The molecule has 0 bridgehead atoms. The monoisotopic (exact) mass is 489 g/mol. The van der Waals surface area contributed by atoms with E-state index in [0.29, 0.717) is 62.5 Å². The summed E-state index contributed by atoms with van der Waals surface area (Å²) in [6, 6.07) is 4.40. The highest BCUT2D eigenvalue weighted by atomic mass is 19.1. The van der Waals surface area contributed by atoms with Crippen molar-refractivity contribution >= 4 is 11.6 Å². The molecule has 1 spiro atoms. The number of carbonyl (C=O) groups is 1. The van der Waals surface area contributed by atoms with E-state index in [-0.39, 0.29) is 24.6 Å². The molecule has 4 aliphatic rings. The van der Waals surface area contributed by atoms with E-state index >= 15 is 4.39 Å². The third-order valence-electron chi connectivity index (χ3n) is 8.50. The number of amides is 1. The predicted molar refractivity (Wildman–Crippen MR) is 130 cm³/mol. The average molecular weight is 490 g/mol. The number of hydrogen-bond donors (Lipinski definition) is 0. The van der Waals surface area contributed by atoms with E-state index in [4.69, 9.17) is 9.57 Å². The fourth-order valence-electron chi connectivity index (χ4n) is 6.40. The summed E-state index contributed by atoms with van der Waals surface area (Å²) in [6.45, 7) is 3.23. The van der Waals surface area contributed by atoms with Crippen molar-refractivity contribution < 1.29 is 23.1 Å². The maximum absolute atomic E-state index is 15.8. The van der Waals surface area contributed by atoms with Gasteiger partial charge in [0.1, 0.15) is 24.3 Å². The fourth-order valence-corrected chi connectivity index (χ4v) is 6.40. The van der Waals surface area contributed by atoms with E-state index in [1.165, 1.54) is 51.3 Å². The lowest BCUT2D eigenvalue weighted by atomic mass is 9.81. The SMILES string of the molecule is CO/N=C1/CC2(CCN(C(=O)C3(F)CCN(CC4CCCCC4)CC3)CC2)Oc2ccc(F)cc21. The molecule has 3 aliphatic heterocycles. The van der Waals surface area contributed by atoms with Crippen molar-refractivity contribution in [3.8, 4) is 5.75 Å². The van der Waals surface area contributed by atoms with E-state index in [1.54, 1.807) is 11.0 Å². The quantitative estimate of drug-likeness (QED) is 0.575. The Labute approximate surface area is 206 Å². The smallest absolute Gasteiger partial charge is 0.260 e. The highest BCUT2D eigenvalue weighted by molar-refractivity contribution is 6.04. The van der Waals surface area contributed by atoms with Gasteiger partial charge in [0.15, 0.2) is 5.67 Å². The van der Waals surface area contributed by atoms with Crippen LogP contribution >= 0.6 is 0 Å². The van der Waals surface area contributed by atoms with Gasteiger partial charge in [-0.25, -0.2) is 8.78 Å². The number of halogens is 2. The molecule has 6 nitrogen and oxygen atoms in total. The number of likely N-dealkylation sites (tertiary alicyclic amines) is 2. The molecule has 0 unspecified atom stereocenters. The molecule has 1 amide bonds. The van der Waals surface area contributed by atoms with Crippen molar-refractivity contribution in [2.45, 2.75) is 75.5 Å². The summed E-state index contributed by atoms with van der Waals surface area (Å²) in [5, 5.41) is 4.13. The van der Waals surface area contributed by atoms with Crippen LogP contribution < -0.4 is 4.74 Å². The minimum atomic E-state index is -1.77. The van der Waals surface area contributed by atoms with E-state index in [2.05, 4.69) is 10.1 Å². The summed E-state index contributed by atoms with van der Waals surface area (Å²) in [6.07, 6.45) is 8.69. The molecule has 0 atom stereocenters. The highest BCUT2D eigenvalue weighted by Gasteiger charge is 2.48. The number of rotatable bonds is 4. The first kappa shape index (κ1) is 24.5. The van der Waals surface area contributed by atoms with E-state index in [0.717, 1.165) is 12.5 Å². The molecule has 0 aromatic heterocycles. The van der Waals surface area contributed by atoms with Crippen molar-refractivity contribution in [1.29, 1.82) is 0 Å². The van der Waals surface area contributed by atoms with Crippen molar-refractivity contribution in [3.63, 3.8) is 0 Å². The minimum absolute atomic E-state index is 0.278. The van der Waals surface area contributed by atoms with Gasteiger partial charge in [0.2, 0.25) is 0 Å². The number of oxime groups is 1. The molecule has 3 fully saturated rings. The van der Waals surface area contributed by atoms with Gasteiger partial charge in [-0.2, -0.15) is 0 Å². The van der Waals surface area contributed by atoms with Crippen LogP contribution in [0.3, 0.4) is 0 Å². The largest absolute Gasteiger partial charge is 0.486 e. The zero-order valence-electron chi connectivity index (χ0n) is 20.7. The van der Waals surface area contributed by atoms with Crippen LogP contribution in [0.15, 0.2) is 23.4 Å². The third kappa shape index (κ3) is 5.18. The predicted octanol–water partition coefficient (Wildman–Crippen LogP) is 4.70. The van der Waals surface area contributed by atoms with Crippen LogP contribution in [0.5, 0.6) is 5.75 Å². The molecule has 1 aliphatic carbocycles. The van der Waals surface area contributed by atoms with Crippen LogP contribution in [0.1, 0.15) is 69.8 Å². The normalized spacial score (nSPS) is 25.8. The standard InChI is InChI=1S/C27H37F2N3O3/c1-34-30-23-18-26(35-24-8-7-21(28)17-22(23)24)9-15-32(16-10-26)25(33)27(29)11-13-31(14-12-27)19-20-5-3-2-4-6-20/h7-8,17,20H,2-6,9-16,18-19H2,1H3/b30-23-. The Morgan fingerprint density at radius 2 is 1.83 bits per heavy atom. The third-order valence-corrected chi connectivity index (χ3v) is 8.50. The Morgan fingerprint density at radius 1 is 1.11 bits per heavy atom. The summed E-state index contributed by atoms with van der Waals surface area (Å²) in [7, 11) is 1.47. The topological polar surface area (TPSA) is 54.4 Å². The Bertz CT molecular complexity index is 947. The first-order chi connectivity index (χ1) is 16.9. The molecule has 2 saturated heterocycles. The van der Waals surface area contributed by atoms with Crippen LogP contribution in [-0.2, 0) is 9.63 Å². The number of benzene rings is 1. The van der Waals surface area contributed by atoms with Gasteiger partial charge in [-0.1, -0.05) is 24.4 Å². The van der Waals surface area contributed by atoms with E-state index < -0.39 is 11.3 Å². The summed E-state index contributed by atoms with van der Waals surface area (Å²) in [5.41, 5.74) is -1.08. The summed E-state index contributed by atoms with van der Waals surface area (Å²) < 4.78 is 36.0. The van der Waals surface area contributed by atoms with Crippen LogP contribution in [0.2, 0.25) is 0 Å². The van der Waals surface area contributed by atoms with Gasteiger partial charge >= 0.3 is 0 Å². The first-order valence-corrected chi connectivity index (χ1v) is 13.2. The molecule has 35 heavy (non-hydrogen) atoms. The lowest BCUT2D eigenvalue weighted by Crippen LogP contribution is -2.58. The van der Waals surface area contributed by atoms with Crippen molar-refractivity contribution in [2.75, 3.05) is 39.8 Å². The molecule has 3 heterocycles. The van der Waals surface area contributed by atoms with Crippen LogP contribution in [-0.4, -0.2) is 72.5 Å². The van der Waals surface area contributed by atoms with Gasteiger partial charge < -0.3 is 19.4 Å². The van der Waals surface area contributed by atoms with Gasteiger partial charge in [0, 0.05) is 70.4 Å². The highest BCUT2D eigenvalue weighted by Crippen LogP contribution is 2.41. The maximum Gasteiger partial charge on any atom is 0.260 e. The second kappa shape index (κ2) is 10.0. The van der Waals surface area contributed by atoms with Gasteiger partial charge in [-0.3, -0.25) is 4.79 Å². The lowest BCUT2D eigenvalue weighted by molar-refractivity contribution is -0.151. The van der Waals surface area contributed by atoms with Crippen molar-refractivity contribution in [2.24, 2.45) is 11.1 Å². The molecule has 8 heteroatoms. The number of alkyl halides is 1. The molecule has 1 aromatic rings. The Balaban J connectivity index is 1.18. The molecule has 5 rings (SSSR count). The molecule has 0 N–H and O–H groups in total. The molecular weight excluding hydrogens is 452 g/mol. The van der Waals surface area contributed by atoms with E-state index in [1.807, 2.05) is 0 Å². The Hall–Kier alpha value is -2.22. The van der Waals surface area contributed by atoms with Crippen LogP contribution in [0.4, 0.5) is 8.78 Å². The molecule has 0 radical (unpaired) electrons. The Morgan fingerprint density at radius 3 is 2.51 bits per heavy atom. The van der Waals surface area contributed by atoms with Gasteiger partial charge in [0.05, 0.1) is 5.71 Å². The van der Waals surface area contributed by atoms with Gasteiger partial charge in [-0.05, 0) is 37.0 Å². The van der Waals surface area contributed by atoms with E-state index in [9.17, 15) is 9.18 Å². The zero-order valence-corrected chi connectivity index (χ0v) is 20.7. The second-order valence-corrected chi connectivity index (χ2v) is 10.9. The lowest BCUT2D eigenvalue weighted by Gasteiger charge is -2.46. The number of hydrogen-bond acceptors (Lipinski definition) is 5. The summed E-state index contributed by atoms with van der Waals surface area (Å²) >= 11 is 0. The number of ether oxygens (including phenoxy) is 1. The zero-order chi connectivity index (χ0) is 24.5. The van der Waals surface area contributed by atoms with Gasteiger partial charge in [0.25, 0.3) is 5.91 Å². The molecule has 1 saturated carbocycles. The van der Waals surface area contributed by atoms with Crippen molar-refractivity contribution in [1.82, 2.24) is 9.80 Å². The maximum atomic E-state index is 15.8.